The summed E-state index contributed by atoms with van der Waals surface area (Å²) in [6, 6.07) is 7.30. The van der Waals surface area contributed by atoms with Gasteiger partial charge in [0.25, 0.3) is 0 Å². The van der Waals surface area contributed by atoms with E-state index in [1.165, 1.54) is 9.79 Å². The van der Waals surface area contributed by atoms with Crippen LogP contribution in [0.5, 0.6) is 11.5 Å². The topological polar surface area (TPSA) is 40.5 Å². The van der Waals surface area contributed by atoms with Crippen LogP contribution >= 0.6 is 11.8 Å². The number of aromatic hydroxyl groups is 2. The molecule has 0 aliphatic rings. The molecule has 0 amide bonds. The number of aryl methyl sites for hydroxylation is 4. The molecule has 21 heavy (non-hydrogen) atoms. The molecule has 0 aliphatic heterocycles. The fraction of sp³-hybridized carbons (Fsp3) is 0.333. The fourth-order valence-electron chi connectivity index (χ4n) is 2.57. The van der Waals surface area contributed by atoms with E-state index in [0.717, 1.165) is 35.1 Å². The van der Waals surface area contributed by atoms with Crippen LogP contribution in [0.1, 0.15) is 36.1 Å². The average molecular weight is 302 g/mol. The van der Waals surface area contributed by atoms with Gasteiger partial charge in [-0.1, -0.05) is 25.6 Å². The van der Waals surface area contributed by atoms with E-state index in [-0.39, 0.29) is 0 Å². The second-order valence-corrected chi connectivity index (χ2v) is 6.33. The Morgan fingerprint density at radius 1 is 0.762 bits per heavy atom. The summed E-state index contributed by atoms with van der Waals surface area (Å²) in [6.45, 7) is 8.26. The van der Waals surface area contributed by atoms with Gasteiger partial charge in [0.2, 0.25) is 0 Å². The van der Waals surface area contributed by atoms with Gasteiger partial charge in [-0.3, -0.25) is 0 Å². The monoisotopic (exact) mass is 302 g/mol. The first-order chi connectivity index (χ1) is 9.96. The van der Waals surface area contributed by atoms with Crippen molar-refractivity contribution in [1.82, 2.24) is 0 Å². The van der Waals surface area contributed by atoms with Gasteiger partial charge < -0.3 is 10.2 Å². The van der Waals surface area contributed by atoms with Gasteiger partial charge in [-0.15, -0.1) is 0 Å². The Labute approximate surface area is 130 Å². The van der Waals surface area contributed by atoms with Gasteiger partial charge in [0, 0.05) is 9.79 Å². The summed E-state index contributed by atoms with van der Waals surface area (Å²) in [5, 5.41) is 19.5. The predicted octanol–water partition coefficient (Wildman–Crippen LogP) is 4.99. The van der Waals surface area contributed by atoms with Crippen molar-refractivity contribution < 1.29 is 10.2 Å². The third-order valence-corrected chi connectivity index (χ3v) is 5.22. The lowest BCUT2D eigenvalue weighted by Crippen LogP contribution is -1.94. The first-order valence-corrected chi connectivity index (χ1v) is 8.10. The first-order valence-electron chi connectivity index (χ1n) is 7.29. The van der Waals surface area contributed by atoms with Gasteiger partial charge in [-0.25, -0.2) is 0 Å². The fourth-order valence-corrected chi connectivity index (χ4v) is 3.88. The SMILES string of the molecule is CCc1cc(O)cc(C)c1Sc1c(C)cc(O)cc1CC. The molecule has 0 fully saturated rings. The maximum atomic E-state index is 9.76. The molecule has 3 heteroatoms. The Bertz CT molecular complexity index is 605. The van der Waals surface area contributed by atoms with Gasteiger partial charge >= 0.3 is 0 Å². The van der Waals surface area contributed by atoms with Crippen molar-refractivity contribution in [2.45, 2.75) is 50.3 Å². The molecule has 0 heterocycles. The zero-order chi connectivity index (χ0) is 15.6. The molecule has 2 nitrogen and oxygen atoms in total. The average Bonchev–Trinajstić information content (AvgIpc) is 2.42. The number of phenolic OH excluding ortho intramolecular Hbond substituents is 2. The molecule has 0 aromatic heterocycles. The Hall–Kier alpha value is -1.61. The van der Waals surface area contributed by atoms with Crippen molar-refractivity contribution in [2.75, 3.05) is 0 Å². The van der Waals surface area contributed by atoms with Crippen LogP contribution in [0.4, 0.5) is 0 Å². The second-order valence-electron chi connectivity index (χ2n) is 5.31. The minimum atomic E-state index is 0.326. The highest BCUT2D eigenvalue weighted by Crippen LogP contribution is 2.40. The van der Waals surface area contributed by atoms with Crippen LogP contribution in [0.2, 0.25) is 0 Å². The van der Waals surface area contributed by atoms with Crippen molar-refractivity contribution in [3.63, 3.8) is 0 Å². The summed E-state index contributed by atoms with van der Waals surface area (Å²) in [7, 11) is 0. The van der Waals surface area contributed by atoms with Gasteiger partial charge in [0.15, 0.2) is 0 Å². The maximum Gasteiger partial charge on any atom is 0.116 e. The van der Waals surface area contributed by atoms with Gasteiger partial charge in [-0.2, -0.15) is 0 Å². The third kappa shape index (κ3) is 3.35. The molecule has 2 aromatic carbocycles. The highest BCUT2D eigenvalue weighted by Gasteiger charge is 2.13. The third-order valence-electron chi connectivity index (χ3n) is 3.64. The van der Waals surface area contributed by atoms with Crippen molar-refractivity contribution in [2.24, 2.45) is 0 Å². The minimum Gasteiger partial charge on any atom is -0.508 e. The van der Waals surface area contributed by atoms with Gasteiger partial charge in [-0.05, 0) is 73.2 Å². The second kappa shape index (κ2) is 6.44. The molecule has 0 unspecified atom stereocenters. The minimum absolute atomic E-state index is 0.326. The lowest BCUT2D eigenvalue weighted by atomic mass is 10.1. The van der Waals surface area contributed by atoms with Gasteiger partial charge in [0.1, 0.15) is 11.5 Å². The van der Waals surface area contributed by atoms with Crippen molar-refractivity contribution in [3.8, 4) is 11.5 Å². The summed E-state index contributed by atoms with van der Waals surface area (Å²) >= 11 is 1.74. The largest absolute Gasteiger partial charge is 0.508 e. The van der Waals surface area contributed by atoms with E-state index >= 15 is 0 Å². The standard InChI is InChI=1S/C18H22O2S/c1-5-13-9-15(19)7-11(3)17(13)21-18-12(4)8-16(20)10-14(18)6-2/h7-10,19-20H,5-6H2,1-4H3. The molecule has 0 spiro atoms. The van der Waals surface area contributed by atoms with Crippen molar-refractivity contribution in [1.29, 1.82) is 0 Å². The molecule has 0 saturated heterocycles. The van der Waals surface area contributed by atoms with E-state index in [0.29, 0.717) is 11.5 Å². The van der Waals surface area contributed by atoms with E-state index in [2.05, 4.69) is 13.8 Å². The molecule has 2 rings (SSSR count). The smallest absolute Gasteiger partial charge is 0.116 e. The van der Waals surface area contributed by atoms with Crippen molar-refractivity contribution in [3.05, 3.63) is 46.5 Å². The molecule has 112 valence electrons. The first kappa shape index (κ1) is 15.8. The Balaban J connectivity index is 2.53. The number of phenols is 2. The van der Waals surface area contributed by atoms with Crippen LogP contribution in [-0.2, 0) is 12.8 Å². The summed E-state index contributed by atoms with van der Waals surface area (Å²) in [5.41, 5.74) is 4.50. The molecule has 0 aliphatic carbocycles. The zero-order valence-corrected chi connectivity index (χ0v) is 13.8. The predicted molar refractivity (Wildman–Crippen MR) is 88.6 cm³/mol. The normalized spacial score (nSPS) is 10.9. The van der Waals surface area contributed by atoms with Crippen LogP contribution in [0.15, 0.2) is 34.1 Å². The summed E-state index contributed by atoms with van der Waals surface area (Å²) in [4.78, 5) is 2.41. The number of rotatable bonds is 4. The number of hydrogen-bond acceptors (Lipinski definition) is 3. The van der Waals surface area contributed by atoms with Crippen LogP contribution in [-0.4, -0.2) is 10.2 Å². The maximum absolute atomic E-state index is 9.76. The molecule has 2 aromatic rings. The molecular weight excluding hydrogens is 280 g/mol. The Morgan fingerprint density at radius 3 is 1.48 bits per heavy atom. The zero-order valence-electron chi connectivity index (χ0n) is 13.0. The van der Waals surface area contributed by atoms with Crippen LogP contribution in [0, 0.1) is 13.8 Å². The van der Waals surface area contributed by atoms with E-state index in [9.17, 15) is 10.2 Å². The number of hydrogen-bond donors (Lipinski definition) is 2. The van der Waals surface area contributed by atoms with Crippen LogP contribution in [0.3, 0.4) is 0 Å². The lowest BCUT2D eigenvalue weighted by Gasteiger charge is -2.16. The Morgan fingerprint density at radius 2 is 1.14 bits per heavy atom. The molecular formula is C18H22O2S. The highest BCUT2D eigenvalue weighted by molar-refractivity contribution is 7.99. The van der Waals surface area contributed by atoms with Crippen molar-refractivity contribution >= 4 is 11.8 Å². The summed E-state index contributed by atoms with van der Waals surface area (Å²) in [5.74, 6) is 0.652. The molecule has 0 saturated carbocycles. The number of benzene rings is 2. The summed E-state index contributed by atoms with van der Waals surface area (Å²) in [6.07, 6.45) is 1.77. The summed E-state index contributed by atoms with van der Waals surface area (Å²) < 4.78 is 0. The molecule has 0 radical (unpaired) electrons. The van der Waals surface area contributed by atoms with E-state index in [1.54, 1.807) is 11.8 Å². The Kier molecular flexibility index (Phi) is 4.84. The quantitative estimate of drug-likeness (QED) is 0.836. The van der Waals surface area contributed by atoms with E-state index in [1.807, 2.05) is 38.1 Å². The van der Waals surface area contributed by atoms with Crippen LogP contribution < -0.4 is 0 Å². The van der Waals surface area contributed by atoms with E-state index in [4.69, 9.17) is 0 Å². The van der Waals surface area contributed by atoms with Gasteiger partial charge in [0.05, 0.1) is 0 Å². The molecule has 0 bridgehead atoms. The highest BCUT2D eigenvalue weighted by atomic mass is 32.2. The van der Waals surface area contributed by atoms with E-state index < -0.39 is 0 Å². The molecule has 2 N–H and O–H groups in total. The van der Waals surface area contributed by atoms with Crippen LogP contribution in [0.25, 0.3) is 0 Å². The lowest BCUT2D eigenvalue weighted by molar-refractivity contribution is 0.473. The molecule has 0 atom stereocenters.